The Bertz CT molecular complexity index is 424. The first-order valence-electron chi connectivity index (χ1n) is 7.19. The highest BCUT2D eigenvalue weighted by Crippen LogP contribution is 2.14. The standard InChI is InChI=1S/C17H24O3/c1-3-4-5-6-9-16(18)12-11-15-8-7-10-17(13-15)20-14-19-2/h7-8,10-13H,3-6,9,14H2,1-2H3/b12-11+. The van der Waals surface area contributed by atoms with E-state index in [0.717, 1.165) is 24.2 Å². The van der Waals surface area contributed by atoms with Gasteiger partial charge in [-0.25, -0.2) is 0 Å². The molecule has 0 saturated heterocycles. The van der Waals surface area contributed by atoms with E-state index in [-0.39, 0.29) is 12.6 Å². The average molecular weight is 276 g/mol. The van der Waals surface area contributed by atoms with Crippen molar-refractivity contribution in [3.63, 3.8) is 0 Å². The van der Waals surface area contributed by atoms with Crippen LogP contribution in [0.1, 0.15) is 44.6 Å². The van der Waals surface area contributed by atoms with Crippen molar-refractivity contribution in [2.75, 3.05) is 13.9 Å². The molecule has 3 nitrogen and oxygen atoms in total. The molecule has 0 heterocycles. The van der Waals surface area contributed by atoms with E-state index in [1.54, 1.807) is 13.2 Å². The number of ketones is 1. The third-order valence-corrected chi connectivity index (χ3v) is 2.94. The second-order valence-electron chi connectivity index (χ2n) is 4.73. The molecule has 0 aromatic heterocycles. The van der Waals surface area contributed by atoms with Crippen molar-refractivity contribution in [3.05, 3.63) is 35.9 Å². The summed E-state index contributed by atoms with van der Waals surface area (Å²) in [5.74, 6) is 0.925. The summed E-state index contributed by atoms with van der Waals surface area (Å²) in [4.78, 5) is 11.7. The predicted molar refractivity (Wildman–Crippen MR) is 81.7 cm³/mol. The molecule has 0 saturated carbocycles. The molecule has 0 aliphatic heterocycles. The molecular weight excluding hydrogens is 252 g/mol. The normalized spacial score (nSPS) is 10.9. The van der Waals surface area contributed by atoms with E-state index < -0.39 is 0 Å². The van der Waals surface area contributed by atoms with Crippen LogP contribution >= 0.6 is 0 Å². The van der Waals surface area contributed by atoms with Gasteiger partial charge in [-0.05, 0) is 30.2 Å². The summed E-state index contributed by atoms with van der Waals surface area (Å²) >= 11 is 0. The molecule has 1 aromatic rings. The Labute approximate surface area is 121 Å². The molecule has 0 aliphatic carbocycles. The summed E-state index contributed by atoms with van der Waals surface area (Å²) in [6, 6.07) is 7.60. The minimum Gasteiger partial charge on any atom is -0.468 e. The lowest BCUT2D eigenvalue weighted by molar-refractivity contribution is -0.114. The number of benzene rings is 1. The highest BCUT2D eigenvalue weighted by Gasteiger charge is 1.98. The van der Waals surface area contributed by atoms with Gasteiger partial charge in [-0.1, -0.05) is 44.4 Å². The van der Waals surface area contributed by atoms with Crippen LogP contribution in [0.15, 0.2) is 30.3 Å². The van der Waals surface area contributed by atoms with Crippen LogP contribution in [0, 0.1) is 0 Å². The predicted octanol–water partition coefficient (Wildman–Crippen LogP) is 4.22. The summed E-state index contributed by atoms with van der Waals surface area (Å²) in [5, 5.41) is 0. The lowest BCUT2D eigenvalue weighted by Gasteiger charge is -2.04. The van der Waals surface area contributed by atoms with E-state index in [1.165, 1.54) is 12.8 Å². The topological polar surface area (TPSA) is 35.5 Å². The summed E-state index contributed by atoms with van der Waals surface area (Å²) in [5.41, 5.74) is 0.959. The van der Waals surface area contributed by atoms with Gasteiger partial charge in [0, 0.05) is 13.5 Å². The Morgan fingerprint density at radius 3 is 2.85 bits per heavy atom. The second-order valence-corrected chi connectivity index (χ2v) is 4.73. The molecule has 0 unspecified atom stereocenters. The molecule has 0 radical (unpaired) electrons. The smallest absolute Gasteiger partial charge is 0.188 e. The van der Waals surface area contributed by atoms with Crippen LogP contribution in [0.3, 0.4) is 0 Å². The Hall–Kier alpha value is -1.61. The maximum absolute atomic E-state index is 11.7. The highest BCUT2D eigenvalue weighted by atomic mass is 16.7. The van der Waals surface area contributed by atoms with Crippen molar-refractivity contribution < 1.29 is 14.3 Å². The van der Waals surface area contributed by atoms with Crippen molar-refractivity contribution >= 4 is 11.9 Å². The van der Waals surface area contributed by atoms with Crippen LogP contribution in [0.25, 0.3) is 6.08 Å². The fraction of sp³-hybridized carbons (Fsp3) is 0.471. The van der Waals surface area contributed by atoms with Crippen molar-refractivity contribution in [2.45, 2.75) is 39.0 Å². The van der Waals surface area contributed by atoms with Crippen LogP contribution < -0.4 is 4.74 Å². The zero-order valence-corrected chi connectivity index (χ0v) is 12.4. The lowest BCUT2D eigenvalue weighted by atomic mass is 10.1. The number of rotatable bonds is 10. The molecule has 1 rings (SSSR count). The van der Waals surface area contributed by atoms with E-state index in [9.17, 15) is 4.79 Å². The molecule has 110 valence electrons. The van der Waals surface area contributed by atoms with Gasteiger partial charge in [0.15, 0.2) is 12.6 Å². The minimum absolute atomic E-state index is 0.185. The van der Waals surface area contributed by atoms with Gasteiger partial charge in [0.05, 0.1) is 0 Å². The maximum atomic E-state index is 11.7. The second kappa shape index (κ2) is 10.2. The van der Waals surface area contributed by atoms with Gasteiger partial charge in [0.25, 0.3) is 0 Å². The van der Waals surface area contributed by atoms with Crippen LogP contribution in [-0.4, -0.2) is 19.7 Å². The van der Waals surface area contributed by atoms with Gasteiger partial charge in [0.1, 0.15) is 5.75 Å². The van der Waals surface area contributed by atoms with Crippen molar-refractivity contribution in [2.24, 2.45) is 0 Å². The number of hydrogen-bond acceptors (Lipinski definition) is 3. The zero-order valence-electron chi connectivity index (χ0n) is 12.4. The number of hydrogen-bond donors (Lipinski definition) is 0. The van der Waals surface area contributed by atoms with Crippen molar-refractivity contribution in [3.8, 4) is 5.75 Å². The lowest BCUT2D eigenvalue weighted by Crippen LogP contribution is -1.98. The fourth-order valence-corrected chi connectivity index (χ4v) is 1.83. The van der Waals surface area contributed by atoms with Gasteiger partial charge >= 0.3 is 0 Å². The molecule has 0 bridgehead atoms. The first-order chi connectivity index (χ1) is 9.76. The van der Waals surface area contributed by atoms with E-state index >= 15 is 0 Å². The highest BCUT2D eigenvalue weighted by molar-refractivity contribution is 5.93. The summed E-state index contributed by atoms with van der Waals surface area (Å²) in [6.07, 6.45) is 8.64. The fourth-order valence-electron chi connectivity index (χ4n) is 1.83. The van der Waals surface area contributed by atoms with Gasteiger partial charge in [0.2, 0.25) is 0 Å². The molecule has 3 heteroatoms. The summed E-state index contributed by atoms with van der Waals surface area (Å²) in [7, 11) is 1.58. The number of allylic oxidation sites excluding steroid dienone is 1. The molecular formula is C17H24O3. The van der Waals surface area contributed by atoms with E-state index in [4.69, 9.17) is 9.47 Å². The molecule has 20 heavy (non-hydrogen) atoms. The van der Waals surface area contributed by atoms with Gasteiger partial charge in [-0.2, -0.15) is 0 Å². The zero-order chi connectivity index (χ0) is 14.6. The summed E-state index contributed by atoms with van der Waals surface area (Å²) < 4.78 is 10.2. The van der Waals surface area contributed by atoms with Crippen LogP contribution in [0.2, 0.25) is 0 Å². The van der Waals surface area contributed by atoms with Gasteiger partial charge < -0.3 is 9.47 Å². The van der Waals surface area contributed by atoms with Crippen LogP contribution in [0.5, 0.6) is 5.75 Å². The van der Waals surface area contributed by atoms with E-state index in [2.05, 4.69) is 6.92 Å². The first kappa shape index (κ1) is 16.4. The Morgan fingerprint density at radius 2 is 2.10 bits per heavy atom. The monoisotopic (exact) mass is 276 g/mol. The SMILES string of the molecule is CCCCCCC(=O)/C=C/c1cccc(OCOC)c1. The quantitative estimate of drug-likeness (QED) is 0.364. The van der Waals surface area contributed by atoms with E-state index in [0.29, 0.717) is 6.42 Å². The number of methoxy groups -OCH3 is 1. The van der Waals surface area contributed by atoms with Gasteiger partial charge in [-0.15, -0.1) is 0 Å². The van der Waals surface area contributed by atoms with Crippen LogP contribution in [-0.2, 0) is 9.53 Å². The van der Waals surface area contributed by atoms with Crippen molar-refractivity contribution in [1.82, 2.24) is 0 Å². The molecule has 1 aromatic carbocycles. The van der Waals surface area contributed by atoms with Gasteiger partial charge in [-0.3, -0.25) is 4.79 Å². The van der Waals surface area contributed by atoms with Crippen molar-refractivity contribution in [1.29, 1.82) is 0 Å². The average Bonchev–Trinajstić information content (AvgIpc) is 2.48. The summed E-state index contributed by atoms with van der Waals surface area (Å²) in [6.45, 7) is 2.39. The largest absolute Gasteiger partial charge is 0.468 e. The Kier molecular flexibility index (Phi) is 8.40. The minimum atomic E-state index is 0.185. The number of unbranched alkanes of at least 4 members (excludes halogenated alkanes) is 3. The third kappa shape index (κ3) is 7.10. The molecule has 0 atom stereocenters. The molecule has 0 fully saturated rings. The number of ether oxygens (including phenoxy) is 2. The first-order valence-corrected chi connectivity index (χ1v) is 7.19. The Balaban J connectivity index is 2.42. The number of carbonyl (C=O) groups is 1. The number of carbonyl (C=O) groups excluding carboxylic acids is 1. The molecule has 0 N–H and O–H groups in total. The molecule has 0 spiro atoms. The molecule has 0 amide bonds. The molecule has 0 aliphatic rings. The third-order valence-electron chi connectivity index (χ3n) is 2.94. The maximum Gasteiger partial charge on any atom is 0.188 e. The Morgan fingerprint density at radius 1 is 1.25 bits per heavy atom. The van der Waals surface area contributed by atoms with E-state index in [1.807, 2.05) is 30.3 Å². The van der Waals surface area contributed by atoms with Crippen LogP contribution in [0.4, 0.5) is 0 Å².